The molecule has 0 radical (unpaired) electrons. The summed E-state index contributed by atoms with van der Waals surface area (Å²) in [6.07, 6.45) is 6.19. The Morgan fingerprint density at radius 3 is 2.75 bits per heavy atom. The van der Waals surface area contributed by atoms with Crippen LogP contribution in [0.25, 0.3) is 16.6 Å². The van der Waals surface area contributed by atoms with E-state index in [2.05, 4.69) is 26.3 Å². The summed E-state index contributed by atoms with van der Waals surface area (Å²) in [5.41, 5.74) is 4.02. The first-order valence-corrected chi connectivity index (χ1v) is 9.34. The summed E-state index contributed by atoms with van der Waals surface area (Å²) >= 11 is 6.21. The highest BCUT2D eigenvalue weighted by molar-refractivity contribution is 6.32. The molecule has 0 fully saturated rings. The molecular formula is C21H20ClN5O. The normalized spacial score (nSPS) is 11.0. The van der Waals surface area contributed by atoms with Gasteiger partial charge in [-0.2, -0.15) is 0 Å². The molecule has 142 valence electrons. The minimum Gasteiger partial charge on any atom is -0.495 e. The Hall–Kier alpha value is -3.12. The molecule has 7 heteroatoms. The Balaban J connectivity index is 1.54. The van der Waals surface area contributed by atoms with E-state index < -0.39 is 0 Å². The smallest absolute Gasteiger partial charge is 0.137 e. The van der Waals surface area contributed by atoms with E-state index in [1.807, 2.05) is 48.0 Å². The van der Waals surface area contributed by atoms with Gasteiger partial charge in [-0.3, -0.25) is 0 Å². The number of hydrogen-bond acceptors (Lipinski definition) is 5. The van der Waals surface area contributed by atoms with Crippen molar-refractivity contribution in [2.45, 2.75) is 13.3 Å². The van der Waals surface area contributed by atoms with E-state index in [1.54, 1.807) is 19.8 Å². The van der Waals surface area contributed by atoms with E-state index in [1.165, 1.54) is 0 Å². The molecular weight excluding hydrogens is 374 g/mol. The monoisotopic (exact) mass is 393 g/mol. The van der Waals surface area contributed by atoms with Gasteiger partial charge in [-0.15, -0.1) is 0 Å². The molecule has 2 aromatic heterocycles. The van der Waals surface area contributed by atoms with Crippen LogP contribution in [-0.2, 0) is 6.42 Å². The Kier molecular flexibility index (Phi) is 5.12. The molecule has 0 aliphatic rings. The second-order valence-corrected chi connectivity index (χ2v) is 6.90. The highest BCUT2D eigenvalue weighted by atomic mass is 35.5. The van der Waals surface area contributed by atoms with Gasteiger partial charge in [-0.1, -0.05) is 17.7 Å². The number of methoxy groups -OCH3 is 1. The lowest BCUT2D eigenvalue weighted by Gasteiger charge is -2.11. The third-order valence-corrected chi connectivity index (χ3v) is 4.85. The SMILES string of the molecule is COc1ccc(CCNc2ncnc3ccc(-n4cnc(C)c4)cc23)cc1Cl. The summed E-state index contributed by atoms with van der Waals surface area (Å²) in [5.74, 6) is 1.49. The minimum absolute atomic E-state index is 0.618. The first kappa shape index (κ1) is 18.3. The van der Waals surface area contributed by atoms with Gasteiger partial charge in [0, 0.05) is 23.8 Å². The number of aryl methyl sites for hydroxylation is 1. The predicted octanol–water partition coefficient (Wildman–Crippen LogP) is 4.44. The fourth-order valence-electron chi connectivity index (χ4n) is 3.10. The van der Waals surface area contributed by atoms with Gasteiger partial charge in [0.15, 0.2) is 0 Å². The Morgan fingerprint density at radius 1 is 1.11 bits per heavy atom. The average molecular weight is 394 g/mol. The van der Waals surface area contributed by atoms with Crippen molar-refractivity contribution in [1.82, 2.24) is 19.5 Å². The zero-order chi connectivity index (χ0) is 19.5. The average Bonchev–Trinajstić information content (AvgIpc) is 3.14. The third-order valence-electron chi connectivity index (χ3n) is 4.55. The van der Waals surface area contributed by atoms with Gasteiger partial charge < -0.3 is 14.6 Å². The Bertz CT molecular complexity index is 1120. The number of hydrogen-bond donors (Lipinski definition) is 1. The lowest BCUT2D eigenvalue weighted by molar-refractivity contribution is 0.415. The number of halogens is 1. The summed E-state index contributed by atoms with van der Waals surface area (Å²) in [4.78, 5) is 13.1. The second kappa shape index (κ2) is 7.86. The van der Waals surface area contributed by atoms with E-state index in [-0.39, 0.29) is 0 Å². The maximum Gasteiger partial charge on any atom is 0.137 e. The number of rotatable bonds is 6. The molecule has 0 atom stereocenters. The summed E-state index contributed by atoms with van der Waals surface area (Å²) in [6.45, 7) is 2.70. The quantitative estimate of drug-likeness (QED) is 0.524. The van der Waals surface area contributed by atoms with Gasteiger partial charge in [0.05, 0.1) is 29.7 Å². The third kappa shape index (κ3) is 3.77. The van der Waals surface area contributed by atoms with Gasteiger partial charge >= 0.3 is 0 Å². The van der Waals surface area contributed by atoms with Crippen molar-refractivity contribution in [1.29, 1.82) is 0 Å². The molecule has 2 aromatic carbocycles. The standard InChI is InChI=1S/C21H20ClN5O/c1-14-11-27(13-26-14)16-4-5-19-17(10-16)21(25-12-24-19)23-8-7-15-3-6-20(28-2)18(22)9-15/h3-6,9-13H,7-8H2,1-2H3,(H,23,24,25). The minimum atomic E-state index is 0.618. The van der Waals surface area contributed by atoms with Crippen molar-refractivity contribution in [3.63, 3.8) is 0 Å². The molecule has 0 aliphatic heterocycles. The second-order valence-electron chi connectivity index (χ2n) is 6.49. The van der Waals surface area contributed by atoms with Crippen LogP contribution in [-0.4, -0.2) is 33.2 Å². The molecule has 1 N–H and O–H groups in total. The number of fused-ring (bicyclic) bond motifs is 1. The predicted molar refractivity (Wildman–Crippen MR) is 112 cm³/mol. The number of benzene rings is 2. The molecule has 0 bridgehead atoms. The van der Waals surface area contributed by atoms with Gasteiger partial charge in [-0.25, -0.2) is 15.0 Å². The molecule has 2 heterocycles. The number of nitrogens with zero attached hydrogens (tertiary/aromatic N) is 4. The van der Waals surface area contributed by atoms with Gasteiger partial charge in [-0.05, 0) is 49.2 Å². The molecule has 4 rings (SSSR count). The molecule has 4 aromatic rings. The zero-order valence-corrected chi connectivity index (χ0v) is 16.4. The van der Waals surface area contributed by atoms with Crippen LogP contribution in [0.1, 0.15) is 11.3 Å². The summed E-state index contributed by atoms with van der Waals surface area (Å²) < 4.78 is 7.19. The van der Waals surface area contributed by atoms with Crippen LogP contribution >= 0.6 is 11.6 Å². The first-order chi connectivity index (χ1) is 13.6. The number of aromatic nitrogens is 4. The van der Waals surface area contributed by atoms with E-state index in [0.717, 1.165) is 46.6 Å². The highest BCUT2D eigenvalue weighted by Gasteiger charge is 2.07. The first-order valence-electron chi connectivity index (χ1n) is 8.96. The maximum atomic E-state index is 6.21. The topological polar surface area (TPSA) is 64.9 Å². The van der Waals surface area contributed by atoms with Crippen molar-refractivity contribution in [3.05, 3.63) is 71.5 Å². The number of ether oxygens (including phenoxy) is 1. The lowest BCUT2D eigenvalue weighted by Crippen LogP contribution is -2.07. The molecule has 0 saturated heterocycles. The van der Waals surface area contributed by atoms with Crippen molar-refractivity contribution in [3.8, 4) is 11.4 Å². The van der Waals surface area contributed by atoms with Crippen molar-refractivity contribution < 1.29 is 4.74 Å². The summed E-state index contributed by atoms with van der Waals surface area (Å²) in [5, 5.41) is 5.01. The van der Waals surface area contributed by atoms with Crippen molar-refractivity contribution >= 4 is 28.3 Å². The molecule has 0 saturated carbocycles. The Labute approximate surface area is 168 Å². The number of nitrogens with one attached hydrogen (secondary N) is 1. The van der Waals surface area contributed by atoms with Crippen molar-refractivity contribution in [2.24, 2.45) is 0 Å². The van der Waals surface area contributed by atoms with Crippen LogP contribution < -0.4 is 10.1 Å². The molecule has 0 unspecified atom stereocenters. The molecule has 28 heavy (non-hydrogen) atoms. The fraction of sp³-hybridized carbons (Fsp3) is 0.190. The van der Waals surface area contributed by atoms with E-state index in [4.69, 9.17) is 16.3 Å². The largest absolute Gasteiger partial charge is 0.495 e. The van der Waals surface area contributed by atoms with Crippen molar-refractivity contribution in [2.75, 3.05) is 19.0 Å². The van der Waals surface area contributed by atoms with Crippen LogP contribution in [0.3, 0.4) is 0 Å². The molecule has 0 spiro atoms. The highest BCUT2D eigenvalue weighted by Crippen LogP contribution is 2.26. The van der Waals surface area contributed by atoms with Gasteiger partial charge in [0.2, 0.25) is 0 Å². The van der Waals surface area contributed by atoms with E-state index in [0.29, 0.717) is 10.8 Å². The molecule has 0 amide bonds. The Morgan fingerprint density at radius 2 is 2.00 bits per heavy atom. The number of imidazole rings is 1. The molecule has 0 aliphatic carbocycles. The fourth-order valence-corrected chi connectivity index (χ4v) is 3.38. The van der Waals surface area contributed by atoms with E-state index >= 15 is 0 Å². The van der Waals surface area contributed by atoms with Gasteiger partial charge in [0.1, 0.15) is 17.9 Å². The van der Waals surface area contributed by atoms with Crippen LogP contribution in [0.2, 0.25) is 5.02 Å². The summed E-state index contributed by atoms with van der Waals surface area (Å²) in [6, 6.07) is 11.9. The van der Waals surface area contributed by atoms with Crippen LogP contribution in [0.4, 0.5) is 5.82 Å². The van der Waals surface area contributed by atoms with Crippen LogP contribution in [0, 0.1) is 6.92 Å². The molecule has 6 nitrogen and oxygen atoms in total. The zero-order valence-electron chi connectivity index (χ0n) is 15.7. The van der Waals surface area contributed by atoms with Crippen LogP contribution in [0.5, 0.6) is 5.75 Å². The van der Waals surface area contributed by atoms with Crippen LogP contribution in [0.15, 0.2) is 55.2 Å². The summed E-state index contributed by atoms with van der Waals surface area (Å²) in [7, 11) is 1.61. The van der Waals surface area contributed by atoms with Gasteiger partial charge in [0.25, 0.3) is 0 Å². The maximum absolute atomic E-state index is 6.21. The lowest BCUT2D eigenvalue weighted by atomic mass is 10.1. The number of anilines is 1. The van der Waals surface area contributed by atoms with E-state index in [9.17, 15) is 0 Å².